The largest absolute Gasteiger partial charge is 0.453 e. The van der Waals surface area contributed by atoms with Crippen LogP contribution in [0, 0.1) is 5.92 Å². The molecule has 0 radical (unpaired) electrons. The van der Waals surface area contributed by atoms with Gasteiger partial charge in [-0.3, -0.25) is 4.79 Å². The lowest BCUT2D eigenvalue weighted by molar-refractivity contribution is -0.167. The normalized spacial score (nSPS) is 16.7. The maximum Gasteiger partial charge on any atom is 0.397 e. The molecule has 18 heavy (non-hydrogen) atoms. The van der Waals surface area contributed by atoms with E-state index < -0.39 is 17.5 Å². The molecule has 0 spiro atoms. The summed E-state index contributed by atoms with van der Waals surface area (Å²) < 4.78 is 5.06. The molecule has 0 aromatic heterocycles. The molecule has 1 amide bonds. The van der Waals surface area contributed by atoms with Gasteiger partial charge in [0.1, 0.15) is 5.60 Å². The quantitative estimate of drug-likeness (QED) is 0.574. The molecule has 1 fully saturated rings. The predicted octanol–water partition coefficient (Wildman–Crippen LogP) is 2.37. The van der Waals surface area contributed by atoms with E-state index in [0.717, 1.165) is 12.3 Å². The maximum absolute atomic E-state index is 11.8. The van der Waals surface area contributed by atoms with Crippen LogP contribution < -0.4 is 0 Å². The van der Waals surface area contributed by atoms with Crippen LogP contribution in [0.3, 0.4) is 0 Å². The van der Waals surface area contributed by atoms with Gasteiger partial charge in [0.15, 0.2) is 0 Å². The summed E-state index contributed by atoms with van der Waals surface area (Å²) in [6.07, 6.45) is 6.11. The van der Waals surface area contributed by atoms with Gasteiger partial charge < -0.3 is 9.64 Å². The van der Waals surface area contributed by atoms with E-state index in [1.165, 1.54) is 30.6 Å². The third kappa shape index (κ3) is 5.07. The lowest BCUT2D eigenvalue weighted by Crippen LogP contribution is -2.39. The molecule has 4 heteroatoms. The van der Waals surface area contributed by atoms with Gasteiger partial charge in [-0.15, -0.1) is 0 Å². The Labute approximate surface area is 110 Å². The van der Waals surface area contributed by atoms with Gasteiger partial charge >= 0.3 is 11.9 Å². The van der Waals surface area contributed by atoms with Gasteiger partial charge in [-0.05, 0) is 33.1 Å². The predicted molar refractivity (Wildman–Crippen MR) is 70.1 cm³/mol. The van der Waals surface area contributed by atoms with Gasteiger partial charge in [0, 0.05) is 13.6 Å². The molecule has 0 aromatic rings. The average Bonchev–Trinajstić information content (AvgIpc) is 2.75. The number of nitrogens with zero attached hydrogens (tertiary/aromatic N) is 1. The Hall–Kier alpha value is -1.06. The molecule has 1 aliphatic rings. The Bertz CT molecular complexity index is 301. The summed E-state index contributed by atoms with van der Waals surface area (Å²) in [7, 11) is 1.67. The highest BCUT2D eigenvalue weighted by Crippen LogP contribution is 2.27. The first kappa shape index (κ1) is 15.0. The van der Waals surface area contributed by atoms with E-state index in [1.807, 2.05) is 0 Å². The number of hydrogen-bond donors (Lipinski definition) is 0. The molecule has 1 rings (SSSR count). The second-order valence-electron chi connectivity index (χ2n) is 6.17. The van der Waals surface area contributed by atoms with Crippen molar-refractivity contribution < 1.29 is 14.3 Å². The third-order valence-electron chi connectivity index (χ3n) is 3.27. The van der Waals surface area contributed by atoms with E-state index in [2.05, 4.69) is 0 Å². The van der Waals surface area contributed by atoms with Crippen molar-refractivity contribution in [3.05, 3.63) is 0 Å². The first-order chi connectivity index (χ1) is 8.29. The number of esters is 1. The Morgan fingerprint density at radius 3 is 2.28 bits per heavy atom. The van der Waals surface area contributed by atoms with E-state index in [0.29, 0.717) is 6.54 Å². The van der Waals surface area contributed by atoms with Gasteiger partial charge in [0.2, 0.25) is 0 Å². The van der Waals surface area contributed by atoms with Crippen molar-refractivity contribution in [2.45, 2.75) is 58.5 Å². The van der Waals surface area contributed by atoms with Crippen molar-refractivity contribution in [1.82, 2.24) is 4.90 Å². The fraction of sp³-hybridized carbons (Fsp3) is 0.857. The molecule has 1 saturated carbocycles. The molecule has 0 atom stereocenters. The molecule has 0 bridgehead atoms. The number of rotatable bonds is 3. The second-order valence-corrected chi connectivity index (χ2v) is 6.17. The van der Waals surface area contributed by atoms with E-state index >= 15 is 0 Å². The lowest BCUT2D eigenvalue weighted by Gasteiger charge is -2.22. The van der Waals surface area contributed by atoms with Crippen LogP contribution in [0.1, 0.15) is 52.9 Å². The van der Waals surface area contributed by atoms with Gasteiger partial charge in [-0.1, -0.05) is 25.7 Å². The summed E-state index contributed by atoms with van der Waals surface area (Å²) in [6, 6.07) is 0. The molecular formula is C14H25NO3. The van der Waals surface area contributed by atoms with Crippen molar-refractivity contribution in [2.24, 2.45) is 5.92 Å². The van der Waals surface area contributed by atoms with Crippen LogP contribution in [0.5, 0.6) is 0 Å². The summed E-state index contributed by atoms with van der Waals surface area (Å²) >= 11 is 0. The van der Waals surface area contributed by atoms with Crippen molar-refractivity contribution in [1.29, 1.82) is 0 Å². The zero-order chi connectivity index (χ0) is 13.8. The highest BCUT2D eigenvalue weighted by Gasteiger charge is 2.26. The smallest absolute Gasteiger partial charge is 0.397 e. The fourth-order valence-corrected chi connectivity index (χ4v) is 2.25. The van der Waals surface area contributed by atoms with Crippen LogP contribution in [0.25, 0.3) is 0 Å². The monoisotopic (exact) mass is 255 g/mol. The van der Waals surface area contributed by atoms with Crippen molar-refractivity contribution >= 4 is 11.9 Å². The minimum atomic E-state index is -0.753. The first-order valence-electron chi connectivity index (χ1n) is 6.78. The topological polar surface area (TPSA) is 46.6 Å². The minimum absolute atomic E-state index is 0.539. The summed E-state index contributed by atoms with van der Waals surface area (Å²) in [6.45, 7) is 5.92. The Kier molecular flexibility index (Phi) is 5.17. The first-order valence-corrected chi connectivity index (χ1v) is 6.78. The molecule has 0 saturated heterocycles. The number of carbonyl (C=O) groups excluding carboxylic acids is 2. The Morgan fingerprint density at radius 1 is 1.22 bits per heavy atom. The molecule has 0 heterocycles. The van der Waals surface area contributed by atoms with Gasteiger partial charge in [-0.2, -0.15) is 0 Å². The number of amides is 1. The van der Waals surface area contributed by atoms with E-state index in [9.17, 15) is 9.59 Å². The number of carbonyl (C=O) groups is 2. The lowest BCUT2D eigenvalue weighted by atomic mass is 10.0. The number of hydrogen-bond acceptors (Lipinski definition) is 3. The molecule has 0 N–H and O–H groups in total. The van der Waals surface area contributed by atoms with Crippen LogP contribution >= 0.6 is 0 Å². The zero-order valence-electron chi connectivity index (χ0n) is 12.0. The van der Waals surface area contributed by atoms with Crippen molar-refractivity contribution in [2.75, 3.05) is 13.6 Å². The highest BCUT2D eigenvalue weighted by molar-refractivity contribution is 6.32. The standard InChI is InChI=1S/C14H25NO3/c1-14(2,3)18-13(17)12(16)15(4)10-9-11-7-5-6-8-11/h11H,5-10H2,1-4H3. The summed E-state index contributed by atoms with van der Waals surface area (Å²) in [5.41, 5.74) is -0.612. The molecule has 0 aliphatic heterocycles. The summed E-state index contributed by atoms with van der Waals surface area (Å²) in [5, 5.41) is 0. The molecule has 1 aliphatic carbocycles. The van der Waals surface area contributed by atoms with Crippen LogP contribution in [0.2, 0.25) is 0 Å². The summed E-state index contributed by atoms with van der Waals surface area (Å²) in [5.74, 6) is -0.571. The molecule has 0 aromatic carbocycles. The minimum Gasteiger partial charge on any atom is -0.453 e. The van der Waals surface area contributed by atoms with E-state index in [4.69, 9.17) is 4.74 Å². The highest BCUT2D eigenvalue weighted by atomic mass is 16.6. The van der Waals surface area contributed by atoms with Gasteiger partial charge in [-0.25, -0.2) is 4.79 Å². The van der Waals surface area contributed by atoms with Crippen molar-refractivity contribution in [3.8, 4) is 0 Å². The SMILES string of the molecule is CN(CCC1CCCC1)C(=O)C(=O)OC(C)(C)C. The zero-order valence-corrected chi connectivity index (χ0v) is 12.0. The van der Waals surface area contributed by atoms with Crippen LogP contribution in [-0.4, -0.2) is 36.0 Å². The van der Waals surface area contributed by atoms with Gasteiger partial charge in [0.25, 0.3) is 0 Å². The number of ether oxygens (including phenoxy) is 1. The van der Waals surface area contributed by atoms with Crippen LogP contribution in [-0.2, 0) is 14.3 Å². The number of likely N-dealkylation sites (N-methyl/N-ethyl adjacent to an activating group) is 1. The maximum atomic E-state index is 11.8. The fourth-order valence-electron chi connectivity index (χ4n) is 2.25. The van der Waals surface area contributed by atoms with E-state index in [1.54, 1.807) is 27.8 Å². The Balaban J connectivity index is 2.33. The van der Waals surface area contributed by atoms with Crippen LogP contribution in [0.4, 0.5) is 0 Å². The second kappa shape index (κ2) is 6.21. The van der Waals surface area contributed by atoms with E-state index in [-0.39, 0.29) is 0 Å². The van der Waals surface area contributed by atoms with Crippen molar-refractivity contribution in [3.63, 3.8) is 0 Å². The Morgan fingerprint density at radius 2 is 1.78 bits per heavy atom. The average molecular weight is 255 g/mol. The molecular weight excluding hydrogens is 230 g/mol. The van der Waals surface area contributed by atoms with Crippen LogP contribution in [0.15, 0.2) is 0 Å². The summed E-state index contributed by atoms with van der Waals surface area (Å²) in [4.78, 5) is 24.8. The third-order valence-corrected chi connectivity index (χ3v) is 3.27. The van der Waals surface area contributed by atoms with Gasteiger partial charge in [0.05, 0.1) is 0 Å². The molecule has 4 nitrogen and oxygen atoms in total. The molecule has 0 unspecified atom stereocenters. The molecule has 104 valence electrons.